The molecule has 3 rings (SSSR count). The molecule has 0 bridgehead atoms. The Labute approximate surface area is 166 Å². The van der Waals surface area contributed by atoms with Gasteiger partial charge < -0.3 is 10.2 Å². The van der Waals surface area contributed by atoms with Crippen molar-refractivity contribution in [2.75, 3.05) is 23.3 Å². The molecule has 1 aliphatic rings. The van der Waals surface area contributed by atoms with Crippen molar-refractivity contribution >= 4 is 29.0 Å². The van der Waals surface area contributed by atoms with E-state index in [4.69, 9.17) is 11.6 Å². The summed E-state index contributed by atoms with van der Waals surface area (Å²) in [4.78, 5) is 38.8. The van der Waals surface area contributed by atoms with Gasteiger partial charge in [0, 0.05) is 44.4 Å². The Hall–Kier alpha value is -2.61. The van der Waals surface area contributed by atoms with Crippen LogP contribution in [0.1, 0.15) is 19.8 Å². The molecule has 0 atom stereocenters. The van der Waals surface area contributed by atoms with Crippen LogP contribution in [0.4, 0.5) is 15.9 Å². The normalized spacial score (nSPS) is 14.9. The Morgan fingerprint density at radius 1 is 1.25 bits per heavy atom. The van der Waals surface area contributed by atoms with Crippen LogP contribution in [0, 0.1) is 11.7 Å². The molecule has 0 radical (unpaired) electrons. The number of anilines is 2. The molecule has 28 heavy (non-hydrogen) atoms. The van der Waals surface area contributed by atoms with Gasteiger partial charge in [-0.1, -0.05) is 11.6 Å². The van der Waals surface area contributed by atoms with E-state index in [1.807, 2.05) is 11.8 Å². The van der Waals surface area contributed by atoms with Crippen molar-refractivity contribution in [1.29, 1.82) is 0 Å². The summed E-state index contributed by atoms with van der Waals surface area (Å²) < 4.78 is 15.9. The zero-order chi connectivity index (χ0) is 20.4. The minimum absolute atomic E-state index is 0.0455. The molecule has 0 spiro atoms. The van der Waals surface area contributed by atoms with Crippen molar-refractivity contribution in [3.63, 3.8) is 0 Å². The van der Waals surface area contributed by atoms with Gasteiger partial charge in [-0.25, -0.2) is 9.18 Å². The highest BCUT2D eigenvalue weighted by molar-refractivity contribution is 6.31. The van der Waals surface area contributed by atoms with Crippen LogP contribution in [0.25, 0.3) is 0 Å². The number of carbonyl (C=O) groups excluding carboxylic acids is 1. The van der Waals surface area contributed by atoms with Gasteiger partial charge >= 0.3 is 5.69 Å². The molecule has 1 N–H and O–H groups in total. The average Bonchev–Trinajstić information content (AvgIpc) is 2.69. The minimum atomic E-state index is -0.538. The second kappa shape index (κ2) is 8.18. The molecule has 0 saturated carbocycles. The second-order valence-electron chi connectivity index (χ2n) is 6.81. The van der Waals surface area contributed by atoms with E-state index in [1.165, 1.54) is 31.3 Å². The number of hydrogen-bond acceptors (Lipinski definition) is 4. The number of piperidine rings is 1. The largest absolute Gasteiger partial charge is 0.358 e. The first-order valence-corrected chi connectivity index (χ1v) is 9.51. The lowest BCUT2D eigenvalue weighted by Gasteiger charge is -2.34. The first-order valence-electron chi connectivity index (χ1n) is 9.13. The number of benzene rings is 1. The first-order chi connectivity index (χ1) is 13.3. The predicted octanol–water partition coefficient (Wildman–Crippen LogP) is 2.21. The van der Waals surface area contributed by atoms with Crippen molar-refractivity contribution in [3.8, 4) is 0 Å². The van der Waals surface area contributed by atoms with Crippen LogP contribution >= 0.6 is 11.6 Å². The summed E-state index contributed by atoms with van der Waals surface area (Å²) in [5, 5.41) is 2.72. The van der Waals surface area contributed by atoms with Crippen molar-refractivity contribution in [2.45, 2.75) is 26.3 Å². The van der Waals surface area contributed by atoms with Gasteiger partial charge in [-0.2, -0.15) is 0 Å². The number of rotatable bonds is 4. The van der Waals surface area contributed by atoms with E-state index in [-0.39, 0.29) is 28.1 Å². The SMILES string of the molecule is CCn1c(N2CCC(C(=O)Nc3ccc(F)c(Cl)c3)CC2)cc(=O)n(C)c1=O. The summed E-state index contributed by atoms with van der Waals surface area (Å²) in [6, 6.07) is 5.52. The summed E-state index contributed by atoms with van der Waals surface area (Å²) in [5.41, 5.74) is -0.249. The second-order valence-corrected chi connectivity index (χ2v) is 7.21. The van der Waals surface area contributed by atoms with Crippen molar-refractivity contribution in [2.24, 2.45) is 13.0 Å². The van der Waals surface area contributed by atoms with Crippen LogP contribution in [0.3, 0.4) is 0 Å². The fourth-order valence-electron chi connectivity index (χ4n) is 3.41. The highest BCUT2D eigenvalue weighted by atomic mass is 35.5. The summed E-state index contributed by atoms with van der Waals surface area (Å²) in [7, 11) is 1.46. The van der Waals surface area contributed by atoms with Crippen molar-refractivity contribution < 1.29 is 9.18 Å². The van der Waals surface area contributed by atoms with E-state index in [9.17, 15) is 18.8 Å². The van der Waals surface area contributed by atoms with Gasteiger partial charge in [0.2, 0.25) is 5.91 Å². The molecule has 1 aromatic heterocycles. The molecular weight excluding hydrogens is 387 g/mol. The Morgan fingerprint density at radius 2 is 1.93 bits per heavy atom. The van der Waals surface area contributed by atoms with Gasteiger partial charge in [0.1, 0.15) is 11.6 Å². The third-order valence-corrected chi connectivity index (χ3v) is 5.36. The average molecular weight is 409 g/mol. The molecule has 1 amide bonds. The molecular formula is C19H22ClFN4O3. The summed E-state index contributed by atoms with van der Waals surface area (Å²) in [6.07, 6.45) is 1.15. The molecule has 2 heterocycles. The van der Waals surface area contributed by atoms with Crippen LogP contribution < -0.4 is 21.5 Å². The standard InChI is InChI=1S/C19H22ClFN4O3/c1-3-25-16(11-17(26)23(2)19(25)28)24-8-6-12(7-9-24)18(27)22-13-4-5-15(21)14(20)10-13/h4-5,10-12H,3,6-9H2,1-2H3,(H,22,27). The van der Waals surface area contributed by atoms with E-state index in [1.54, 1.807) is 4.57 Å². The molecule has 150 valence electrons. The molecule has 1 aromatic carbocycles. The minimum Gasteiger partial charge on any atom is -0.358 e. The van der Waals surface area contributed by atoms with Gasteiger partial charge in [0.25, 0.3) is 5.56 Å². The Bertz CT molecular complexity index is 1010. The van der Waals surface area contributed by atoms with E-state index < -0.39 is 5.82 Å². The maximum atomic E-state index is 13.2. The fraction of sp³-hybridized carbons (Fsp3) is 0.421. The summed E-state index contributed by atoms with van der Waals surface area (Å²) in [5.74, 6) is -0.323. The van der Waals surface area contributed by atoms with Gasteiger partial charge in [-0.15, -0.1) is 0 Å². The number of aromatic nitrogens is 2. The number of amides is 1. The number of carbonyl (C=O) groups is 1. The van der Waals surface area contributed by atoms with E-state index in [0.717, 1.165) is 4.57 Å². The van der Waals surface area contributed by atoms with Crippen LogP contribution in [-0.4, -0.2) is 28.1 Å². The molecule has 9 heteroatoms. The van der Waals surface area contributed by atoms with Gasteiger partial charge in [-0.3, -0.25) is 18.7 Å². The van der Waals surface area contributed by atoms with Crippen LogP contribution in [-0.2, 0) is 18.4 Å². The van der Waals surface area contributed by atoms with Crippen molar-refractivity contribution in [3.05, 3.63) is 55.9 Å². The molecule has 1 aliphatic heterocycles. The highest BCUT2D eigenvalue weighted by Crippen LogP contribution is 2.24. The third-order valence-electron chi connectivity index (χ3n) is 5.07. The van der Waals surface area contributed by atoms with Gasteiger partial charge in [0.15, 0.2) is 0 Å². The molecule has 0 aliphatic carbocycles. The fourth-order valence-corrected chi connectivity index (χ4v) is 3.59. The van der Waals surface area contributed by atoms with E-state index in [0.29, 0.717) is 44.0 Å². The lowest BCUT2D eigenvalue weighted by Crippen LogP contribution is -2.44. The number of nitrogens with zero attached hydrogens (tertiary/aromatic N) is 3. The zero-order valence-electron chi connectivity index (χ0n) is 15.7. The Balaban J connectivity index is 1.69. The number of nitrogens with one attached hydrogen (secondary N) is 1. The molecule has 7 nitrogen and oxygen atoms in total. The zero-order valence-corrected chi connectivity index (χ0v) is 16.5. The maximum Gasteiger partial charge on any atom is 0.332 e. The van der Waals surface area contributed by atoms with E-state index >= 15 is 0 Å². The monoisotopic (exact) mass is 408 g/mol. The van der Waals surface area contributed by atoms with E-state index in [2.05, 4.69) is 5.32 Å². The maximum absolute atomic E-state index is 13.2. The molecule has 1 fully saturated rings. The van der Waals surface area contributed by atoms with Crippen LogP contribution in [0.2, 0.25) is 5.02 Å². The van der Waals surface area contributed by atoms with Crippen LogP contribution in [0.15, 0.2) is 33.9 Å². The number of hydrogen-bond donors (Lipinski definition) is 1. The molecule has 0 unspecified atom stereocenters. The third kappa shape index (κ3) is 3.96. The lowest BCUT2D eigenvalue weighted by atomic mass is 9.95. The summed E-state index contributed by atoms with van der Waals surface area (Å²) >= 11 is 5.75. The van der Waals surface area contributed by atoms with Gasteiger partial charge in [-0.05, 0) is 38.0 Å². The first kappa shape index (κ1) is 20.1. The van der Waals surface area contributed by atoms with Crippen LogP contribution in [0.5, 0.6) is 0 Å². The summed E-state index contributed by atoms with van der Waals surface area (Å²) in [6.45, 7) is 3.40. The quantitative estimate of drug-likeness (QED) is 0.841. The predicted molar refractivity (Wildman–Crippen MR) is 107 cm³/mol. The van der Waals surface area contributed by atoms with Gasteiger partial charge in [0.05, 0.1) is 5.02 Å². The lowest BCUT2D eigenvalue weighted by molar-refractivity contribution is -0.120. The van der Waals surface area contributed by atoms with Crippen molar-refractivity contribution in [1.82, 2.24) is 9.13 Å². The molecule has 1 saturated heterocycles. The Kier molecular flexibility index (Phi) is 5.88. The molecule has 2 aromatic rings. The Morgan fingerprint density at radius 3 is 2.54 bits per heavy atom. The smallest absolute Gasteiger partial charge is 0.332 e. The highest BCUT2D eigenvalue weighted by Gasteiger charge is 2.27. The topological polar surface area (TPSA) is 76.3 Å². The number of halogens is 2.